The highest BCUT2D eigenvalue weighted by molar-refractivity contribution is 6.15. The Balaban J connectivity index is 1.38. The van der Waals surface area contributed by atoms with Crippen LogP contribution in [0.2, 0.25) is 0 Å². The number of carbonyl (C=O) groups excluding carboxylic acids is 5. The maximum atomic E-state index is 12.2. The van der Waals surface area contributed by atoms with Gasteiger partial charge in [0.05, 0.1) is 23.8 Å². The lowest BCUT2D eigenvalue weighted by molar-refractivity contribution is -0.144. The number of hydrogen-bond acceptors (Lipinski definition) is 10. The monoisotopic (exact) mass is 621 g/mol. The minimum absolute atomic E-state index is 0.0442. The number of nitrogens with zero attached hydrogens (tertiary/aromatic N) is 3. The van der Waals surface area contributed by atoms with Crippen LogP contribution >= 0.6 is 0 Å². The van der Waals surface area contributed by atoms with Crippen LogP contribution in [0.25, 0.3) is 0 Å². The van der Waals surface area contributed by atoms with Crippen molar-refractivity contribution in [1.29, 1.82) is 0 Å². The molecule has 2 atom stereocenters. The smallest absolute Gasteiger partial charge is 0.320 e. The van der Waals surface area contributed by atoms with Crippen LogP contribution in [0, 0.1) is 5.92 Å². The normalized spacial score (nSPS) is 13.8. The zero-order valence-electron chi connectivity index (χ0n) is 23.8. The average molecular weight is 622 g/mol. The van der Waals surface area contributed by atoms with Crippen molar-refractivity contribution in [3.63, 3.8) is 0 Å². The first-order valence-electron chi connectivity index (χ1n) is 13.6. The Morgan fingerprint density at radius 2 is 1.27 bits per heavy atom. The molecular weight excluding hydrogens is 590 g/mol. The molecule has 2 aromatic rings. The van der Waals surface area contributed by atoms with E-state index in [-0.39, 0.29) is 32.2 Å². The standard InChI is InChI=1S/C29H31N7O9/c30-22(29(44)45)14-17(28(42)43)2-1-3-23(37)31-15-24(38)32-18-4-8-20(9-5-18)34-35-21-10-6-19(7-11-21)33-25(39)16-36-26(40)12-13-27(36)41/h4-13,17,22H,1-3,14-16,30H2,(H,31,37)(H,32,38)(H,33,39)(H,42,43)(H,44,45). The fraction of sp³-hybridized carbons (Fsp3) is 0.276. The van der Waals surface area contributed by atoms with Crippen LogP contribution in [0.4, 0.5) is 22.7 Å². The molecule has 5 amide bonds. The van der Waals surface area contributed by atoms with E-state index in [1.165, 1.54) is 0 Å². The number of hydrogen-bond donors (Lipinski definition) is 6. The summed E-state index contributed by atoms with van der Waals surface area (Å²) in [6.45, 7) is -0.711. The van der Waals surface area contributed by atoms with E-state index in [0.29, 0.717) is 22.7 Å². The van der Waals surface area contributed by atoms with Gasteiger partial charge in [0.2, 0.25) is 17.7 Å². The number of imide groups is 1. The third-order valence-electron chi connectivity index (χ3n) is 6.39. The average Bonchev–Trinajstić information content (AvgIpc) is 3.31. The minimum Gasteiger partial charge on any atom is -0.481 e. The number of azo groups is 1. The van der Waals surface area contributed by atoms with Gasteiger partial charge in [0.1, 0.15) is 12.6 Å². The van der Waals surface area contributed by atoms with Crippen molar-refractivity contribution in [3.05, 3.63) is 60.7 Å². The Bertz CT molecular complexity index is 1490. The summed E-state index contributed by atoms with van der Waals surface area (Å²) >= 11 is 0. The lowest BCUT2D eigenvalue weighted by Gasteiger charge is -2.14. The molecule has 16 nitrogen and oxygen atoms in total. The van der Waals surface area contributed by atoms with Gasteiger partial charge >= 0.3 is 11.9 Å². The summed E-state index contributed by atoms with van der Waals surface area (Å²) in [5, 5.41) is 33.9. The molecule has 0 fully saturated rings. The number of nitrogens with two attached hydrogens (primary N) is 1. The maximum Gasteiger partial charge on any atom is 0.320 e. The van der Waals surface area contributed by atoms with Gasteiger partial charge < -0.3 is 31.9 Å². The Hall–Kier alpha value is -5.77. The van der Waals surface area contributed by atoms with Gasteiger partial charge in [0, 0.05) is 29.9 Å². The van der Waals surface area contributed by atoms with Gasteiger partial charge in [-0.15, -0.1) is 0 Å². The molecule has 2 unspecified atom stereocenters. The van der Waals surface area contributed by atoms with Crippen LogP contribution in [0.5, 0.6) is 0 Å². The van der Waals surface area contributed by atoms with Crippen molar-refractivity contribution in [2.24, 2.45) is 21.9 Å². The number of carbonyl (C=O) groups is 7. The molecule has 2 aromatic carbocycles. The van der Waals surface area contributed by atoms with E-state index in [4.69, 9.17) is 10.8 Å². The predicted octanol–water partition coefficient (Wildman–Crippen LogP) is 1.69. The second-order valence-corrected chi connectivity index (χ2v) is 9.87. The van der Waals surface area contributed by atoms with E-state index in [2.05, 4.69) is 26.2 Å². The highest BCUT2D eigenvalue weighted by Gasteiger charge is 2.26. The largest absolute Gasteiger partial charge is 0.481 e. The summed E-state index contributed by atoms with van der Waals surface area (Å²) in [5.74, 6) is -6.07. The van der Waals surface area contributed by atoms with Crippen molar-refractivity contribution >= 4 is 64.2 Å². The molecule has 0 saturated carbocycles. The zero-order valence-corrected chi connectivity index (χ0v) is 23.8. The van der Waals surface area contributed by atoms with E-state index >= 15 is 0 Å². The van der Waals surface area contributed by atoms with Crippen molar-refractivity contribution in [1.82, 2.24) is 10.2 Å². The molecule has 3 rings (SSSR count). The number of carboxylic acids is 2. The first-order chi connectivity index (χ1) is 21.4. The van der Waals surface area contributed by atoms with Crippen molar-refractivity contribution in [3.8, 4) is 0 Å². The molecule has 0 saturated heterocycles. The van der Waals surface area contributed by atoms with Gasteiger partial charge in [-0.25, -0.2) is 0 Å². The van der Waals surface area contributed by atoms with Crippen molar-refractivity contribution in [2.75, 3.05) is 23.7 Å². The van der Waals surface area contributed by atoms with Crippen LogP contribution < -0.4 is 21.7 Å². The highest BCUT2D eigenvalue weighted by Crippen LogP contribution is 2.22. The molecule has 0 spiro atoms. The predicted molar refractivity (Wildman–Crippen MR) is 158 cm³/mol. The number of benzene rings is 2. The Morgan fingerprint density at radius 1 is 0.756 bits per heavy atom. The first-order valence-corrected chi connectivity index (χ1v) is 13.6. The molecule has 16 heteroatoms. The quantitative estimate of drug-likeness (QED) is 0.117. The Kier molecular flexibility index (Phi) is 12.1. The van der Waals surface area contributed by atoms with Gasteiger partial charge in [-0.1, -0.05) is 0 Å². The van der Waals surface area contributed by atoms with Gasteiger partial charge in [0.15, 0.2) is 0 Å². The summed E-state index contributed by atoms with van der Waals surface area (Å²) in [5.41, 5.74) is 7.24. The molecular formula is C29H31N7O9. The van der Waals surface area contributed by atoms with Gasteiger partial charge in [0.25, 0.3) is 11.8 Å². The highest BCUT2D eigenvalue weighted by atomic mass is 16.4. The van der Waals surface area contributed by atoms with E-state index in [1.807, 2.05) is 0 Å². The number of carboxylic acid groups (broad SMARTS) is 2. The molecule has 236 valence electrons. The number of aliphatic carboxylic acids is 2. The second-order valence-electron chi connectivity index (χ2n) is 9.87. The van der Waals surface area contributed by atoms with Crippen molar-refractivity contribution < 1.29 is 43.8 Å². The Morgan fingerprint density at radius 3 is 1.76 bits per heavy atom. The fourth-order valence-corrected chi connectivity index (χ4v) is 4.00. The maximum absolute atomic E-state index is 12.2. The van der Waals surface area contributed by atoms with E-state index in [9.17, 15) is 38.7 Å². The van der Waals surface area contributed by atoms with E-state index < -0.39 is 60.0 Å². The molecule has 7 N–H and O–H groups in total. The molecule has 1 aliphatic rings. The Labute approximate surface area is 256 Å². The van der Waals surface area contributed by atoms with Crippen molar-refractivity contribution in [2.45, 2.75) is 31.7 Å². The van der Waals surface area contributed by atoms with Crippen LogP contribution in [-0.4, -0.2) is 75.7 Å². The molecule has 0 aromatic heterocycles. The lowest BCUT2D eigenvalue weighted by atomic mass is 9.94. The summed E-state index contributed by atoms with van der Waals surface area (Å²) in [7, 11) is 0. The fourth-order valence-electron chi connectivity index (χ4n) is 4.00. The second kappa shape index (κ2) is 16.2. The van der Waals surface area contributed by atoms with Crippen LogP contribution in [0.1, 0.15) is 25.7 Å². The van der Waals surface area contributed by atoms with Crippen LogP contribution in [-0.2, 0) is 33.6 Å². The number of anilines is 2. The molecule has 0 radical (unpaired) electrons. The van der Waals surface area contributed by atoms with E-state index in [1.54, 1.807) is 48.5 Å². The van der Waals surface area contributed by atoms with Crippen LogP contribution in [0.15, 0.2) is 70.9 Å². The third kappa shape index (κ3) is 11.1. The van der Waals surface area contributed by atoms with Gasteiger partial charge in [-0.3, -0.25) is 38.5 Å². The summed E-state index contributed by atoms with van der Waals surface area (Å²) in [4.78, 5) is 82.5. The molecule has 45 heavy (non-hydrogen) atoms. The minimum atomic E-state index is -1.31. The molecule has 1 aliphatic heterocycles. The first kappa shape index (κ1) is 33.7. The summed E-state index contributed by atoms with van der Waals surface area (Å²) in [6.07, 6.45) is 2.14. The lowest BCUT2D eigenvalue weighted by Crippen LogP contribution is -2.37. The number of nitrogens with one attached hydrogen (secondary N) is 3. The van der Waals surface area contributed by atoms with Crippen LogP contribution in [0.3, 0.4) is 0 Å². The van der Waals surface area contributed by atoms with Gasteiger partial charge in [-0.2, -0.15) is 10.2 Å². The summed E-state index contributed by atoms with van der Waals surface area (Å²) in [6, 6.07) is 11.5. The molecule has 0 aliphatic carbocycles. The summed E-state index contributed by atoms with van der Waals surface area (Å²) < 4.78 is 0. The SMILES string of the molecule is NC(CC(CCCC(=O)NCC(=O)Nc1ccc(N=Nc2ccc(NC(=O)CN3C(=O)C=CC3=O)cc2)cc1)C(=O)O)C(=O)O. The van der Waals surface area contributed by atoms with E-state index in [0.717, 1.165) is 17.1 Å². The van der Waals surface area contributed by atoms with Gasteiger partial charge in [-0.05, 0) is 67.8 Å². The number of rotatable bonds is 16. The molecule has 1 heterocycles. The number of amides is 5. The topological polar surface area (TPSA) is 250 Å². The molecule has 0 bridgehead atoms. The zero-order chi connectivity index (χ0) is 32.9. The third-order valence-corrected chi connectivity index (χ3v) is 6.39.